The predicted octanol–water partition coefficient (Wildman–Crippen LogP) is 3.62. The molecular formula is C14H16ClN3O. The SMILES string of the molecule is COc1ncnc(NC(C)c2ccccc2Cl)c1C. The molecule has 0 bridgehead atoms. The first-order chi connectivity index (χ1) is 9.13. The second-order valence-corrected chi connectivity index (χ2v) is 4.65. The Bertz CT molecular complexity index is 574. The normalized spacial score (nSPS) is 12.0. The summed E-state index contributed by atoms with van der Waals surface area (Å²) in [5.74, 6) is 1.32. The summed E-state index contributed by atoms with van der Waals surface area (Å²) in [6.45, 7) is 3.95. The minimum absolute atomic E-state index is 0.0482. The second-order valence-electron chi connectivity index (χ2n) is 4.24. The highest BCUT2D eigenvalue weighted by molar-refractivity contribution is 6.31. The maximum absolute atomic E-state index is 6.19. The fourth-order valence-corrected chi connectivity index (χ4v) is 2.19. The van der Waals surface area contributed by atoms with Crippen LogP contribution in [0.3, 0.4) is 0 Å². The van der Waals surface area contributed by atoms with E-state index in [2.05, 4.69) is 15.3 Å². The fourth-order valence-electron chi connectivity index (χ4n) is 1.89. The van der Waals surface area contributed by atoms with Gasteiger partial charge in [0.2, 0.25) is 5.88 Å². The minimum Gasteiger partial charge on any atom is -0.481 e. The molecule has 4 nitrogen and oxygen atoms in total. The zero-order valence-corrected chi connectivity index (χ0v) is 11.9. The van der Waals surface area contributed by atoms with Crippen LogP contribution in [0.15, 0.2) is 30.6 Å². The molecule has 1 aromatic heterocycles. The van der Waals surface area contributed by atoms with E-state index < -0.39 is 0 Å². The molecule has 0 aliphatic rings. The number of hydrogen-bond donors (Lipinski definition) is 1. The number of hydrogen-bond acceptors (Lipinski definition) is 4. The van der Waals surface area contributed by atoms with Gasteiger partial charge >= 0.3 is 0 Å². The molecule has 1 atom stereocenters. The largest absolute Gasteiger partial charge is 0.481 e. The van der Waals surface area contributed by atoms with E-state index >= 15 is 0 Å². The molecule has 19 heavy (non-hydrogen) atoms. The Morgan fingerprint density at radius 1 is 1.26 bits per heavy atom. The second kappa shape index (κ2) is 5.89. The monoisotopic (exact) mass is 277 g/mol. The molecule has 0 amide bonds. The van der Waals surface area contributed by atoms with Crippen molar-refractivity contribution in [1.29, 1.82) is 0 Å². The first-order valence-corrected chi connectivity index (χ1v) is 6.37. The third kappa shape index (κ3) is 2.96. The Labute approximate surface area is 117 Å². The Kier molecular flexibility index (Phi) is 4.22. The van der Waals surface area contributed by atoms with Crippen molar-refractivity contribution in [2.75, 3.05) is 12.4 Å². The maximum Gasteiger partial charge on any atom is 0.221 e. The molecular weight excluding hydrogens is 262 g/mol. The van der Waals surface area contributed by atoms with Gasteiger partial charge in [0.1, 0.15) is 12.1 Å². The number of halogens is 1. The molecule has 2 aromatic rings. The number of nitrogens with zero attached hydrogens (tertiary/aromatic N) is 2. The lowest BCUT2D eigenvalue weighted by Gasteiger charge is -2.18. The van der Waals surface area contributed by atoms with Gasteiger partial charge in [0.05, 0.1) is 18.7 Å². The number of benzene rings is 1. The summed E-state index contributed by atoms with van der Waals surface area (Å²) in [5.41, 5.74) is 1.91. The topological polar surface area (TPSA) is 47.0 Å². The Morgan fingerprint density at radius 3 is 2.68 bits per heavy atom. The summed E-state index contributed by atoms with van der Waals surface area (Å²) < 4.78 is 5.18. The van der Waals surface area contributed by atoms with Crippen LogP contribution in [0.5, 0.6) is 5.88 Å². The van der Waals surface area contributed by atoms with Crippen molar-refractivity contribution in [3.8, 4) is 5.88 Å². The van der Waals surface area contributed by atoms with Crippen molar-refractivity contribution < 1.29 is 4.74 Å². The number of methoxy groups -OCH3 is 1. The van der Waals surface area contributed by atoms with Crippen LogP contribution in [-0.2, 0) is 0 Å². The van der Waals surface area contributed by atoms with Gasteiger partial charge in [-0.25, -0.2) is 9.97 Å². The maximum atomic E-state index is 6.19. The highest BCUT2D eigenvalue weighted by atomic mass is 35.5. The Morgan fingerprint density at radius 2 is 2.00 bits per heavy atom. The molecule has 0 spiro atoms. The molecule has 1 unspecified atom stereocenters. The van der Waals surface area contributed by atoms with E-state index in [1.165, 1.54) is 6.33 Å². The van der Waals surface area contributed by atoms with Crippen molar-refractivity contribution in [2.45, 2.75) is 19.9 Å². The first-order valence-electron chi connectivity index (χ1n) is 6.00. The van der Waals surface area contributed by atoms with Crippen LogP contribution in [-0.4, -0.2) is 17.1 Å². The van der Waals surface area contributed by atoms with Crippen molar-refractivity contribution in [3.63, 3.8) is 0 Å². The van der Waals surface area contributed by atoms with Gasteiger partial charge in [-0.3, -0.25) is 0 Å². The van der Waals surface area contributed by atoms with Gasteiger partial charge in [-0.1, -0.05) is 29.8 Å². The summed E-state index contributed by atoms with van der Waals surface area (Å²) in [5, 5.41) is 4.06. The van der Waals surface area contributed by atoms with Crippen LogP contribution in [0.1, 0.15) is 24.1 Å². The van der Waals surface area contributed by atoms with Crippen LogP contribution in [0.4, 0.5) is 5.82 Å². The number of aromatic nitrogens is 2. The molecule has 1 aromatic carbocycles. The minimum atomic E-state index is 0.0482. The molecule has 1 heterocycles. The summed E-state index contributed by atoms with van der Waals surface area (Å²) in [4.78, 5) is 8.29. The van der Waals surface area contributed by atoms with Crippen molar-refractivity contribution >= 4 is 17.4 Å². The van der Waals surface area contributed by atoms with E-state index in [-0.39, 0.29) is 6.04 Å². The van der Waals surface area contributed by atoms with E-state index in [4.69, 9.17) is 16.3 Å². The third-order valence-corrected chi connectivity index (χ3v) is 3.30. The predicted molar refractivity (Wildman–Crippen MR) is 76.8 cm³/mol. The number of anilines is 1. The fraction of sp³-hybridized carbons (Fsp3) is 0.286. The Hall–Kier alpha value is -1.81. The van der Waals surface area contributed by atoms with Crippen molar-refractivity contribution in [1.82, 2.24) is 9.97 Å². The smallest absolute Gasteiger partial charge is 0.221 e. The molecule has 0 radical (unpaired) electrons. The summed E-state index contributed by atoms with van der Waals surface area (Å²) >= 11 is 6.19. The zero-order chi connectivity index (χ0) is 13.8. The lowest BCUT2D eigenvalue weighted by atomic mass is 10.1. The van der Waals surface area contributed by atoms with Gasteiger partial charge in [0, 0.05) is 5.02 Å². The van der Waals surface area contributed by atoms with Crippen molar-refractivity contribution in [2.24, 2.45) is 0 Å². The highest BCUT2D eigenvalue weighted by Gasteiger charge is 2.13. The molecule has 2 rings (SSSR count). The summed E-state index contributed by atoms with van der Waals surface area (Å²) in [7, 11) is 1.59. The zero-order valence-electron chi connectivity index (χ0n) is 11.1. The molecule has 0 aliphatic carbocycles. The van der Waals surface area contributed by atoms with Crippen LogP contribution < -0.4 is 10.1 Å². The average Bonchev–Trinajstić information content (AvgIpc) is 2.41. The van der Waals surface area contributed by atoms with Crippen molar-refractivity contribution in [3.05, 3.63) is 46.7 Å². The van der Waals surface area contributed by atoms with E-state index in [0.717, 1.165) is 22.0 Å². The molecule has 100 valence electrons. The van der Waals surface area contributed by atoms with E-state index in [9.17, 15) is 0 Å². The highest BCUT2D eigenvalue weighted by Crippen LogP contribution is 2.27. The molecule has 0 aliphatic heterocycles. The Balaban J connectivity index is 2.24. The molecule has 0 fully saturated rings. The number of ether oxygens (including phenoxy) is 1. The quantitative estimate of drug-likeness (QED) is 0.927. The van der Waals surface area contributed by atoms with E-state index in [1.54, 1.807) is 7.11 Å². The third-order valence-electron chi connectivity index (χ3n) is 2.96. The lowest BCUT2D eigenvalue weighted by molar-refractivity contribution is 0.393. The van der Waals surface area contributed by atoms with Gasteiger partial charge in [0.15, 0.2) is 0 Å². The van der Waals surface area contributed by atoms with Gasteiger partial charge in [-0.15, -0.1) is 0 Å². The van der Waals surface area contributed by atoms with E-state index in [0.29, 0.717) is 5.88 Å². The van der Waals surface area contributed by atoms with Crippen LogP contribution in [0.2, 0.25) is 5.02 Å². The lowest BCUT2D eigenvalue weighted by Crippen LogP contribution is -2.10. The standard InChI is InChI=1S/C14H16ClN3O/c1-9-13(16-8-17-14(9)19-3)18-10(2)11-6-4-5-7-12(11)15/h4-8,10H,1-3H3,(H,16,17,18). The van der Waals surface area contributed by atoms with Crippen LogP contribution in [0, 0.1) is 6.92 Å². The van der Waals surface area contributed by atoms with Crippen LogP contribution in [0.25, 0.3) is 0 Å². The average molecular weight is 278 g/mol. The van der Waals surface area contributed by atoms with Crippen LogP contribution >= 0.6 is 11.6 Å². The molecule has 0 saturated carbocycles. The van der Waals surface area contributed by atoms with Gasteiger partial charge in [-0.2, -0.15) is 0 Å². The molecule has 1 N–H and O–H groups in total. The van der Waals surface area contributed by atoms with Gasteiger partial charge in [-0.05, 0) is 25.5 Å². The summed E-state index contributed by atoms with van der Waals surface area (Å²) in [6.07, 6.45) is 1.48. The van der Waals surface area contributed by atoms with Gasteiger partial charge in [0.25, 0.3) is 0 Å². The molecule has 5 heteroatoms. The summed E-state index contributed by atoms with van der Waals surface area (Å²) in [6, 6.07) is 7.80. The first kappa shape index (κ1) is 13.6. The molecule has 0 saturated heterocycles. The number of nitrogens with one attached hydrogen (secondary N) is 1. The number of rotatable bonds is 4. The van der Waals surface area contributed by atoms with Gasteiger partial charge < -0.3 is 10.1 Å². The van der Waals surface area contributed by atoms with E-state index in [1.807, 2.05) is 38.1 Å².